The molecular weight excluding hydrogens is 202 g/mol. The number of nitrogens with one attached hydrogen (secondary N) is 1. The Labute approximate surface area is 97.6 Å². The Hall–Kier alpha value is -1.13. The average Bonchev–Trinajstić information content (AvgIpc) is 2.25. The standard InChI is InChI=1S/C12H21N3O/c1-10-7-11(9-13-2)8-12(14-10)15(3)5-6-16-4/h7-8,13H,5-6,9H2,1-4H3. The number of aromatic nitrogens is 1. The van der Waals surface area contributed by atoms with E-state index in [-0.39, 0.29) is 0 Å². The van der Waals surface area contributed by atoms with Gasteiger partial charge in [-0.3, -0.25) is 0 Å². The molecule has 0 saturated carbocycles. The van der Waals surface area contributed by atoms with Crippen LogP contribution in [0.5, 0.6) is 0 Å². The van der Waals surface area contributed by atoms with Gasteiger partial charge in [0.15, 0.2) is 0 Å². The fraction of sp³-hybridized carbons (Fsp3) is 0.583. The number of hydrogen-bond acceptors (Lipinski definition) is 4. The van der Waals surface area contributed by atoms with E-state index in [1.807, 2.05) is 21.0 Å². The maximum Gasteiger partial charge on any atom is 0.128 e. The number of hydrogen-bond donors (Lipinski definition) is 1. The molecular formula is C12H21N3O. The highest BCUT2D eigenvalue weighted by Gasteiger charge is 2.04. The molecule has 90 valence electrons. The van der Waals surface area contributed by atoms with Crippen LogP contribution in [0, 0.1) is 6.92 Å². The minimum atomic E-state index is 0.716. The SMILES string of the molecule is CNCc1cc(C)nc(N(C)CCOC)c1. The number of likely N-dealkylation sites (N-methyl/N-ethyl adjacent to an activating group) is 1. The zero-order chi connectivity index (χ0) is 12.0. The van der Waals surface area contributed by atoms with E-state index in [0.29, 0.717) is 6.61 Å². The summed E-state index contributed by atoms with van der Waals surface area (Å²) in [5.74, 6) is 1.00. The van der Waals surface area contributed by atoms with Crippen molar-refractivity contribution in [1.82, 2.24) is 10.3 Å². The Morgan fingerprint density at radius 3 is 2.81 bits per heavy atom. The molecule has 16 heavy (non-hydrogen) atoms. The Morgan fingerprint density at radius 1 is 1.44 bits per heavy atom. The first kappa shape index (κ1) is 12.9. The van der Waals surface area contributed by atoms with Gasteiger partial charge in [-0.1, -0.05) is 0 Å². The number of rotatable bonds is 6. The Balaban J connectivity index is 2.78. The normalized spacial score (nSPS) is 10.5. The molecule has 4 nitrogen and oxygen atoms in total. The highest BCUT2D eigenvalue weighted by atomic mass is 16.5. The predicted molar refractivity (Wildman–Crippen MR) is 66.9 cm³/mol. The zero-order valence-electron chi connectivity index (χ0n) is 10.6. The molecule has 0 aromatic carbocycles. The van der Waals surface area contributed by atoms with Crippen LogP contribution in [0.2, 0.25) is 0 Å². The van der Waals surface area contributed by atoms with E-state index >= 15 is 0 Å². The van der Waals surface area contributed by atoms with Gasteiger partial charge >= 0.3 is 0 Å². The van der Waals surface area contributed by atoms with Crippen LogP contribution in [0.25, 0.3) is 0 Å². The molecule has 0 atom stereocenters. The van der Waals surface area contributed by atoms with Crippen molar-refractivity contribution in [2.45, 2.75) is 13.5 Å². The molecule has 0 saturated heterocycles. The van der Waals surface area contributed by atoms with Crippen LogP contribution in [0.1, 0.15) is 11.3 Å². The highest BCUT2D eigenvalue weighted by Crippen LogP contribution is 2.13. The van der Waals surface area contributed by atoms with Gasteiger partial charge in [0.1, 0.15) is 5.82 Å². The zero-order valence-corrected chi connectivity index (χ0v) is 10.6. The molecule has 0 aliphatic heterocycles. The molecule has 1 N–H and O–H groups in total. The maximum atomic E-state index is 5.06. The van der Waals surface area contributed by atoms with Crippen LogP contribution in [0.3, 0.4) is 0 Å². The third-order valence-corrected chi connectivity index (χ3v) is 2.40. The van der Waals surface area contributed by atoms with Gasteiger partial charge < -0.3 is 15.0 Å². The number of pyridine rings is 1. The van der Waals surface area contributed by atoms with E-state index in [9.17, 15) is 0 Å². The van der Waals surface area contributed by atoms with Gasteiger partial charge in [-0.05, 0) is 31.7 Å². The first-order valence-electron chi connectivity index (χ1n) is 5.49. The molecule has 0 unspecified atom stereocenters. The first-order valence-corrected chi connectivity index (χ1v) is 5.49. The molecule has 1 aromatic rings. The smallest absolute Gasteiger partial charge is 0.128 e. The summed E-state index contributed by atoms with van der Waals surface area (Å²) in [7, 11) is 5.69. The summed E-state index contributed by atoms with van der Waals surface area (Å²) in [6, 6.07) is 4.21. The number of methoxy groups -OCH3 is 1. The average molecular weight is 223 g/mol. The van der Waals surface area contributed by atoms with E-state index in [2.05, 4.69) is 27.3 Å². The van der Waals surface area contributed by atoms with Gasteiger partial charge in [-0.25, -0.2) is 4.98 Å². The summed E-state index contributed by atoms with van der Waals surface area (Å²) in [5, 5.41) is 3.15. The van der Waals surface area contributed by atoms with Crippen LogP contribution in [0.4, 0.5) is 5.82 Å². The second-order valence-electron chi connectivity index (χ2n) is 3.92. The van der Waals surface area contributed by atoms with Gasteiger partial charge in [0, 0.05) is 32.9 Å². The summed E-state index contributed by atoms with van der Waals surface area (Å²) in [6.07, 6.45) is 0. The predicted octanol–water partition coefficient (Wildman–Crippen LogP) is 1.19. The van der Waals surface area contributed by atoms with Crippen LogP contribution in [0.15, 0.2) is 12.1 Å². The third kappa shape index (κ3) is 3.79. The Morgan fingerprint density at radius 2 is 2.19 bits per heavy atom. The van der Waals surface area contributed by atoms with Gasteiger partial charge in [-0.2, -0.15) is 0 Å². The number of aryl methyl sites for hydroxylation is 1. The fourth-order valence-electron chi connectivity index (χ4n) is 1.57. The summed E-state index contributed by atoms with van der Waals surface area (Å²) in [4.78, 5) is 6.62. The molecule has 1 heterocycles. The van der Waals surface area contributed by atoms with Crippen molar-refractivity contribution < 1.29 is 4.74 Å². The third-order valence-electron chi connectivity index (χ3n) is 2.40. The van der Waals surface area contributed by atoms with Crippen molar-refractivity contribution in [2.24, 2.45) is 0 Å². The lowest BCUT2D eigenvalue weighted by Gasteiger charge is -2.19. The molecule has 4 heteroatoms. The quantitative estimate of drug-likeness (QED) is 0.786. The van der Waals surface area contributed by atoms with E-state index in [1.165, 1.54) is 5.56 Å². The maximum absolute atomic E-state index is 5.06. The summed E-state index contributed by atoms with van der Waals surface area (Å²) in [5.41, 5.74) is 2.31. The molecule has 1 rings (SSSR count). The topological polar surface area (TPSA) is 37.4 Å². The molecule has 0 bridgehead atoms. The molecule has 0 fully saturated rings. The van der Waals surface area contributed by atoms with Crippen molar-refractivity contribution in [3.8, 4) is 0 Å². The largest absolute Gasteiger partial charge is 0.383 e. The van der Waals surface area contributed by atoms with Gasteiger partial charge in [0.2, 0.25) is 0 Å². The molecule has 0 amide bonds. The number of ether oxygens (including phenoxy) is 1. The second kappa shape index (κ2) is 6.45. The van der Waals surface area contributed by atoms with Crippen LogP contribution < -0.4 is 10.2 Å². The van der Waals surface area contributed by atoms with Crippen molar-refractivity contribution in [3.05, 3.63) is 23.4 Å². The second-order valence-corrected chi connectivity index (χ2v) is 3.92. The molecule has 0 spiro atoms. The molecule has 0 aliphatic carbocycles. The van der Waals surface area contributed by atoms with Crippen molar-refractivity contribution in [3.63, 3.8) is 0 Å². The first-order chi connectivity index (χ1) is 7.67. The van der Waals surface area contributed by atoms with E-state index in [4.69, 9.17) is 4.74 Å². The molecule has 0 aliphatic rings. The minimum absolute atomic E-state index is 0.716. The fourth-order valence-corrected chi connectivity index (χ4v) is 1.57. The Bertz CT molecular complexity index is 328. The highest BCUT2D eigenvalue weighted by molar-refractivity contribution is 5.41. The van der Waals surface area contributed by atoms with E-state index in [1.54, 1.807) is 7.11 Å². The van der Waals surface area contributed by atoms with E-state index < -0.39 is 0 Å². The summed E-state index contributed by atoms with van der Waals surface area (Å²) in [6.45, 7) is 4.46. The molecule has 0 radical (unpaired) electrons. The van der Waals surface area contributed by atoms with Gasteiger partial charge in [-0.15, -0.1) is 0 Å². The van der Waals surface area contributed by atoms with Crippen LogP contribution >= 0.6 is 0 Å². The van der Waals surface area contributed by atoms with Gasteiger partial charge in [0.05, 0.1) is 6.61 Å². The number of nitrogens with zero attached hydrogens (tertiary/aromatic N) is 2. The Kier molecular flexibility index (Phi) is 5.22. The van der Waals surface area contributed by atoms with E-state index in [0.717, 1.165) is 24.6 Å². The van der Waals surface area contributed by atoms with Crippen molar-refractivity contribution in [1.29, 1.82) is 0 Å². The van der Waals surface area contributed by atoms with Crippen molar-refractivity contribution in [2.75, 3.05) is 39.3 Å². The lowest BCUT2D eigenvalue weighted by atomic mass is 10.2. The summed E-state index contributed by atoms with van der Waals surface area (Å²) >= 11 is 0. The summed E-state index contributed by atoms with van der Waals surface area (Å²) < 4.78 is 5.06. The number of anilines is 1. The lowest BCUT2D eigenvalue weighted by Crippen LogP contribution is -2.23. The minimum Gasteiger partial charge on any atom is -0.383 e. The monoisotopic (exact) mass is 223 g/mol. The lowest BCUT2D eigenvalue weighted by molar-refractivity contribution is 0.206. The van der Waals surface area contributed by atoms with Crippen molar-refractivity contribution >= 4 is 5.82 Å². The molecule has 1 aromatic heterocycles. The van der Waals surface area contributed by atoms with Gasteiger partial charge in [0.25, 0.3) is 0 Å². The van der Waals surface area contributed by atoms with Crippen LogP contribution in [-0.2, 0) is 11.3 Å². The van der Waals surface area contributed by atoms with Crippen LogP contribution in [-0.4, -0.2) is 39.3 Å².